The molecular formula is C16H23N3O2. The number of hydrogen-bond acceptors (Lipinski definition) is 4. The van der Waals surface area contributed by atoms with E-state index in [1.165, 1.54) is 5.56 Å². The summed E-state index contributed by atoms with van der Waals surface area (Å²) in [5.41, 5.74) is 1.18. The van der Waals surface area contributed by atoms with Crippen LogP contribution in [0.15, 0.2) is 30.6 Å². The Bertz CT molecular complexity index is 581. The molecule has 0 saturated carbocycles. The lowest BCUT2D eigenvalue weighted by Gasteiger charge is -2.19. The number of methoxy groups -OCH3 is 2. The molecule has 1 atom stereocenters. The molecule has 0 aliphatic heterocycles. The van der Waals surface area contributed by atoms with Crippen molar-refractivity contribution >= 4 is 0 Å². The van der Waals surface area contributed by atoms with Crippen LogP contribution in [0.2, 0.25) is 0 Å². The topological polar surface area (TPSA) is 48.3 Å². The van der Waals surface area contributed by atoms with Gasteiger partial charge in [-0.2, -0.15) is 0 Å². The minimum absolute atomic E-state index is 0.251. The number of hydrogen-bond donors (Lipinski definition) is 1. The van der Waals surface area contributed by atoms with E-state index in [0.29, 0.717) is 0 Å². The highest BCUT2D eigenvalue weighted by atomic mass is 16.5. The third-order valence-corrected chi connectivity index (χ3v) is 3.65. The van der Waals surface area contributed by atoms with Gasteiger partial charge in [0.15, 0.2) is 11.5 Å². The second-order valence-electron chi connectivity index (χ2n) is 4.91. The summed E-state index contributed by atoms with van der Waals surface area (Å²) in [4.78, 5) is 4.33. The van der Waals surface area contributed by atoms with Crippen LogP contribution in [0.4, 0.5) is 0 Å². The van der Waals surface area contributed by atoms with Crippen LogP contribution in [0.3, 0.4) is 0 Å². The average Bonchev–Trinajstić information content (AvgIpc) is 2.93. The molecule has 0 spiro atoms. The third-order valence-electron chi connectivity index (χ3n) is 3.65. The van der Waals surface area contributed by atoms with E-state index in [1.54, 1.807) is 14.2 Å². The van der Waals surface area contributed by atoms with E-state index in [9.17, 15) is 0 Å². The van der Waals surface area contributed by atoms with Crippen LogP contribution in [-0.4, -0.2) is 23.8 Å². The molecule has 0 saturated heterocycles. The van der Waals surface area contributed by atoms with Gasteiger partial charge in [-0.15, -0.1) is 0 Å². The SMILES string of the molecule is CCC(NCc1nccn1C)c1ccc(OC)c(OC)c1. The van der Waals surface area contributed by atoms with Crippen molar-refractivity contribution in [1.29, 1.82) is 0 Å². The Kier molecular flexibility index (Phi) is 5.22. The summed E-state index contributed by atoms with van der Waals surface area (Å²) in [7, 11) is 5.30. The zero-order valence-electron chi connectivity index (χ0n) is 13.1. The fourth-order valence-electron chi connectivity index (χ4n) is 2.35. The minimum atomic E-state index is 0.251. The van der Waals surface area contributed by atoms with E-state index in [4.69, 9.17) is 9.47 Å². The molecule has 1 N–H and O–H groups in total. The van der Waals surface area contributed by atoms with Crippen molar-refractivity contribution in [3.8, 4) is 11.5 Å². The number of aromatic nitrogens is 2. The van der Waals surface area contributed by atoms with Crippen molar-refractivity contribution in [2.45, 2.75) is 25.9 Å². The van der Waals surface area contributed by atoms with E-state index in [-0.39, 0.29) is 6.04 Å². The van der Waals surface area contributed by atoms with Gasteiger partial charge in [0.1, 0.15) is 5.82 Å². The van der Waals surface area contributed by atoms with Gasteiger partial charge in [0.05, 0.1) is 20.8 Å². The van der Waals surface area contributed by atoms with E-state index < -0.39 is 0 Å². The molecule has 1 heterocycles. The molecule has 0 aliphatic carbocycles. The summed E-state index contributed by atoms with van der Waals surface area (Å²) >= 11 is 0. The molecule has 1 unspecified atom stereocenters. The van der Waals surface area contributed by atoms with Crippen LogP contribution in [-0.2, 0) is 13.6 Å². The Labute approximate surface area is 125 Å². The number of aryl methyl sites for hydroxylation is 1. The molecule has 1 aromatic heterocycles. The summed E-state index contributed by atoms with van der Waals surface area (Å²) in [5, 5.41) is 3.54. The van der Waals surface area contributed by atoms with E-state index in [0.717, 1.165) is 30.3 Å². The van der Waals surface area contributed by atoms with Gasteiger partial charge in [-0.05, 0) is 24.1 Å². The number of benzene rings is 1. The van der Waals surface area contributed by atoms with Crippen LogP contribution >= 0.6 is 0 Å². The lowest BCUT2D eigenvalue weighted by atomic mass is 10.0. The molecule has 2 aromatic rings. The first-order chi connectivity index (χ1) is 10.2. The monoisotopic (exact) mass is 289 g/mol. The molecular weight excluding hydrogens is 266 g/mol. The average molecular weight is 289 g/mol. The Balaban J connectivity index is 2.12. The molecule has 5 heteroatoms. The van der Waals surface area contributed by atoms with Crippen molar-refractivity contribution < 1.29 is 9.47 Å². The molecule has 114 valence electrons. The lowest BCUT2D eigenvalue weighted by Crippen LogP contribution is -2.22. The molecule has 0 fully saturated rings. The third kappa shape index (κ3) is 3.55. The highest BCUT2D eigenvalue weighted by molar-refractivity contribution is 5.43. The molecule has 0 amide bonds. The van der Waals surface area contributed by atoms with Gasteiger partial charge in [0.2, 0.25) is 0 Å². The summed E-state index contributed by atoms with van der Waals surface area (Å²) in [6.07, 6.45) is 4.75. The number of imidazole rings is 1. The predicted octanol–water partition coefficient (Wildman–Crippen LogP) is 2.68. The van der Waals surface area contributed by atoms with Gasteiger partial charge in [-0.3, -0.25) is 0 Å². The summed E-state index contributed by atoms with van der Waals surface area (Å²) < 4.78 is 12.7. The first kappa shape index (κ1) is 15.4. The minimum Gasteiger partial charge on any atom is -0.493 e. The van der Waals surface area contributed by atoms with Crippen molar-refractivity contribution in [3.63, 3.8) is 0 Å². The standard InChI is InChI=1S/C16H23N3O2/c1-5-13(18-11-16-17-8-9-19(16)2)12-6-7-14(20-3)15(10-12)21-4/h6-10,13,18H,5,11H2,1-4H3. The Morgan fingerprint density at radius 1 is 1.24 bits per heavy atom. The van der Waals surface area contributed by atoms with Crippen molar-refractivity contribution in [3.05, 3.63) is 42.0 Å². The molecule has 5 nitrogen and oxygen atoms in total. The van der Waals surface area contributed by atoms with Crippen LogP contribution in [0, 0.1) is 0 Å². The molecule has 1 aromatic carbocycles. The molecule has 2 rings (SSSR count). The Hall–Kier alpha value is -2.01. The highest BCUT2D eigenvalue weighted by Crippen LogP contribution is 2.30. The molecule has 0 bridgehead atoms. The first-order valence-corrected chi connectivity index (χ1v) is 7.11. The number of ether oxygens (including phenoxy) is 2. The van der Waals surface area contributed by atoms with E-state index in [1.807, 2.05) is 36.1 Å². The fraction of sp³-hybridized carbons (Fsp3) is 0.438. The second-order valence-corrected chi connectivity index (χ2v) is 4.91. The van der Waals surface area contributed by atoms with Crippen molar-refractivity contribution in [1.82, 2.24) is 14.9 Å². The molecule has 0 radical (unpaired) electrons. The largest absolute Gasteiger partial charge is 0.493 e. The normalized spacial score (nSPS) is 12.2. The molecule has 21 heavy (non-hydrogen) atoms. The van der Waals surface area contributed by atoms with Gasteiger partial charge in [0, 0.05) is 25.5 Å². The van der Waals surface area contributed by atoms with E-state index >= 15 is 0 Å². The number of nitrogens with one attached hydrogen (secondary N) is 1. The molecule has 0 aliphatic rings. The summed E-state index contributed by atoms with van der Waals surface area (Å²) in [6, 6.07) is 6.29. The van der Waals surface area contributed by atoms with Crippen LogP contribution in [0.5, 0.6) is 11.5 Å². The maximum atomic E-state index is 5.37. The lowest BCUT2D eigenvalue weighted by molar-refractivity contribution is 0.353. The van der Waals surface area contributed by atoms with Gasteiger partial charge in [0.25, 0.3) is 0 Å². The van der Waals surface area contributed by atoms with Gasteiger partial charge in [-0.25, -0.2) is 4.98 Å². The first-order valence-electron chi connectivity index (χ1n) is 7.11. The van der Waals surface area contributed by atoms with Crippen LogP contribution in [0.25, 0.3) is 0 Å². The van der Waals surface area contributed by atoms with Gasteiger partial charge >= 0.3 is 0 Å². The zero-order valence-corrected chi connectivity index (χ0v) is 13.1. The maximum absolute atomic E-state index is 5.37. The predicted molar refractivity (Wildman–Crippen MR) is 82.6 cm³/mol. The quantitative estimate of drug-likeness (QED) is 0.851. The Morgan fingerprint density at radius 3 is 2.57 bits per heavy atom. The smallest absolute Gasteiger partial charge is 0.161 e. The van der Waals surface area contributed by atoms with E-state index in [2.05, 4.69) is 23.3 Å². The summed E-state index contributed by atoms with van der Waals surface area (Å²) in [5.74, 6) is 2.53. The second kappa shape index (κ2) is 7.13. The number of rotatable bonds is 7. The highest BCUT2D eigenvalue weighted by Gasteiger charge is 2.13. The van der Waals surface area contributed by atoms with Crippen molar-refractivity contribution in [2.75, 3.05) is 14.2 Å². The van der Waals surface area contributed by atoms with Crippen LogP contribution in [0.1, 0.15) is 30.8 Å². The number of nitrogens with zero attached hydrogens (tertiary/aromatic N) is 2. The fourth-order valence-corrected chi connectivity index (χ4v) is 2.35. The van der Waals surface area contributed by atoms with Crippen LogP contribution < -0.4 is 14.8 Å². The van der Waals surface area contributed by atoms with Gasteiger partial charge in [-0.1, -0.05) is 13.0 Å². The maximum Gasteiger partial charge on any atom is 0.161 e. The Morgan fingerprint density at radius 2 is 2.00 bits per heavy atom. The zero-order chi connectivity index (χ0) is 15.2. The van der Waals surface area contributed by atoms with Crippen molar-refractivity contribution in [2.24, 2.45) is 7.05 Å². The summed E-state index contributed by atoms with van der Waals surface area (Å²) in [6.45, 7) is 2.89. The van der Waals surface area contributed by atoms with Gasteiger partial charge < -0.3 is 19.4 Å².